The van der Waals surface area contributed by atoms with E-state index in [0.29, 0.717) is 5.69 Å². The molecule has 0 aliphatic heterocycles. The smallest absolute Gasteiger partial charge is 0.423 e. The highest BCUT2D eigenvalue weighted by atomic mass is 35.5. The second-order valence-corrected chi connectivity index (χ2v) is 2.59. The van der Waals surface area contributed by atoms with Gasteiger partial charge < -0.3 is 5.11 Å². The van der Waals surface area contributed by atoms with Gasteiger partial charge in [0, 0.05) is 0 Å². The standard InChI is InChI=1S/C7H6ClFN2O2/c8-5-3-4(1-2-6(5)9)10-11-7(12)13/h1-3,10-11H,(H,12,13). The number of rotatable bonds is 2. The van der Waals surface area contributed by atoms with Gasteiger partial charge in [-0.3, -0.25) is 5.43 Å². The lowest BCUT2D eigenvalue weighted by atomic mass is 10.3. The Morgan fingerprint density at radius 2 is 2.23 bits per heavy atom. The fourth-order valence-electron chi connectivity index (χ4n) is 0.700. The van der Waals surface area contributed by atoms with Gasteiger partial charge in [-0.2, -0.15) is 0 Å². The normalized spacial score (nSPS) is 9.38. The van der Waals surface area contributed by atoms with Crippen LogP contribution in [0.5, 0.6) is 0 Å². The summed E-state index contributed by atoms with van der Waals surface area (Å²) in [6.07, 6.45) is -1.24. The number of amides is 1. The molecule has 1 rings (SSSR count). The second kappa shape index (κ2) is 3.95. The number of hydrogen-bond donors (Lipinski definition) is 3. The van der Waals surface area contributed by atoms with Crippen molar-refractivity contribution < 1.29 is 14.3 Å². The molecule has 0 aliphatic carbocycles. The molecule has 0 unspecified atom stereocenters. The third kappa shape index (κ3) is 2.79. The van der Waals surface area contributed by atoms with E-state index in [1.54, 1.807) is 0 Å². The number of hydrazine groups is 1. The summed E-state index contributed by atoms with van der Waals surface area (Å²) >= 11 is 5.44. The number of carboxylic acid groups (broad SMARTS) is 1. The van der Waals surface area contributed by atoms with Gasteiger partial charge in [-0.25, -0.2) is 14.6 Å². The molecule has 0 fully saturated rings. The molecule has 1 amide bonds. The van der Waals surface area contributed by atoms with Gasteiger partial charge in [0.1, 0.15) is 5.82 Å². The summed E-state index contributed by atoms with van der Waals surface area (Å²) in [5, 5.41) is 8.15. The molecule has 13 heavy (non-hydrogen) atoms. The average molecular weight is 205 g/mol. The third-order valence-electron chi connectivity index (χ3n) is 1.23. The van der Waals surface area contributed by atoms with Crippen molar-refractivity contribution in [2.75, 3.05) is 5.43 Å². The van der Waals surface area contributed by atoms with E-state index in [4.69, 9.17) is 16.7 Å². The Labute approximate surface area is 78.3 Å². The van der Waals surface area contributed by atoms with E-state index in [1.807, 2.05) is 5.43 Å². The van der Waals surface area contributed by atoms with Crippen LogP contribution in [0.15, 0.2) is 18.2 Å². The fourth-order valence-corrected chi connectivity index (χ4v) is 0.880. The molecule has 1 aromatic carbocycles. The molecule has 0 radical (unpaired) electrons. The lowest BCUT2D eigenvalue weighted by Crippen LogP contribution is -2.27. The molecule has 0 bridgehead atoms. The highest BCUT2D eigenvalue weighted by Gasteiger charge is 2.00. The van der Waals surface area contributed by atoms with E-state index in [9.17, 15) is 9.18 Å². The molecule has 0 aromatic heterocycles. The van der Waals surface area contributed by atoms with Crippen LogP contribution in [-0.2, 0) is 0 Å². The first-order valence-corrected chi connectivity index (χ1v) is 3.67. The third-order valence-corrected chi connectivity index (χ3v) is 1.52. The van der Waals surface area contributed by atoms with Gasteiger partial charge in [0.05, 0.1) is 10.7 Å². The molecule has 0 heterocycles. The average Bonchev–Trinajstić information content (AvgIpc) is 2.07. The Kier molecular flexibility index (Phi) is 2.92. The topological polar surface area (TPSA) is 61.4 Å². The van der Waals surface area contributed by atoms with Crippen LogP contribution in [0.2, 0.25) is 5.02 Å². The maximum absolute atomic E-state index is 12.6. The lowest BCUT2D eigenvalue weighted by Gasteiger charge is -2.05. The minimum atomic E-state index is -1.24. The van der Waals surface area contributed by atoms with Crippen LogP contribution >= 0.6 is 11.6 Å². The van der Waals surface area contributed by atoms with Crippen LogP contribution in [0.3, 0.4) is 0 Å². The maximum atomic E-state index is 12.6. The molecule has 1 aromatic rings. The molecule has 0 saturated heterocycles. The van der Waals surface area contributed by atoms with Crippen molar-refractivity contribution in [1.29, 1.82) is 0 Å². The van der Waals surface area contributed by atoms with Crippen molar-refractivity contribution >= 4 is 23.4 Å². The maximum Gasteiger partial charge on any atom is 0.423 e. The molecule has 3 N–H and O–H groups in total. The van der Waals surface area contributed by atoms with Crippen LogP contribution in [-0.4, -0.2) is 11.2 Å². The summed E-state index contributed by atoms with van der Waals surface area (Å²) in [5.41, 5.74) is 4.57. The Balaban J connectivity index is 2.68. The number of carbonyl (C=O) groups is 1. The minimum Gasteiger partial charge on any atom is -0.464 e. The Morgan fingerprint density at radius 1 is 1.54 bits per heavy atom. The Hall–Kier alpha value is -1.49. The van der Waals surface area contributed by atoms with E-state index >= 15 is 0 Å². The first kappa shape index (κ1) is 9.60. The van der Waals surface area contributed by atoms with Crippen molar-refractivity contribution in [2.45, 2.75) is 0 Å². The lowest BCUT2D eigenvalue weighted by molar-refractivity contribution is 0.197. The van der Waals surface area contributed by atoms with E-state index in [0.717, 1.165) is 6.07 Å². The van der Waals surface area contributed by atoms with Crippen LogP contribution in [0.25, 0.3) is 0 Å². The predicted molar refractivity (Wildman–Crippen MR) is 46.2 cm³/mol. The zero-order chi connectivity index (χ0) is 9.84. The van der Waals surface area contributed by atoms with E-state index < -0.39 is 11.9 Å². The molecular formula is C7H6ClFN2O2. The molecule has 0 atom stereocenters. The minimum absolute atomic E-state index is 0.0720. The van der Waals surface area contributed by atoms with E-state index in [-0.39, 0.29) is 5.02 Å². The number of anilines is 1. The highest BCUT2D eigenvalue weighted by molar-refractivity contribution is 6.31. The molecule has 6 heteroatoms. The summed E-state index contributed by atoms with van der Waals surface area (Å²) < 4.78 is 12.6. The Bertz CT molecular complexity index is 332. The van der Waals surface area contributed by atoms with Gasteiger partial charge in [-0.15, -0.1) is 0 Å². The van der Waals surface area contributed by atoms with Gasteiger partial charge >= 0.3 is 6.09 Å². The van der Waals surface area contributed by atoms with E-state index in [1.165, 1.54) is 12.1 Å². The number of benzene rings is 1. The van der Waals surface area contributed by atoms with Gasteiger partial charge in [-0.1, -0.05) is 11.6 Å². The van der Waals surface area contributed by atoms with Gasteiger partial charge in [0.2, 0.25) is 0 Å². The van der Waals surface area contributed by atoms with Crippen molar-refractivity contribution in [3.63, 3.8) is 0 Å². The largest absolute Gasteiger partial charge is 0.464 e. The molecule has 0 aliphatic rings. The number of nitrogens with one attached hydrogen (secondary N) is 2. The summed E-state index contributed by atoms with van der Waals surface area (Å²) in [7, 11) is 0. The Morgan fingerprint density at radius 3 is 2.77 bits per heavy atom. The highest BCUT2D eigenvalue weighted by Crippen LogP contribution is 2.18. The number of halogens is 2. The van der Waals surface area contributed by atoms with Crippen LogP contribution in [0, 0.1) is 5.82 Å². The summed E-state index contributed by atoms with van der Waals surface area (Å²) in [4.78, 5) is 10.0. The van der Waals surface area contributed by atoms with Crippen molar-refractivity contribution in [2.24, 2.45) is 0 Å². The van der Waals surface area contributed by atoms with Gasteiger partial charge in [-0.05, 0) is 18.2 Å². The van der Waals surface area contributed by atoms with Crippen molar-refractivity contribution in [3.8, 4) is 0 Å². The first-order valence-electron chi connectivity index (χ1n) is 3.29. The molecular weight excluding hydrogens is 199 g/mol. The molecule has 4 nitrogen and oxygen atoms in total. The van der Waals surface area contributed by atoms with Gasteiger partial charge in [0.15, 0.2) is 0 Å². The van der Waals surface area contributed by atoms with Crippen LogP contribution in [0.1, 0.15) is 0 Å². The van der Waals surface area contributed by atoms with Gasteiger partial charge in [0.25, 0.3) is 0 Å². The molecule has 0 saturated carbocycles. The SMILES string of the molecule is O=C(O)NNc1ccc(F)c(Cl)c1. The zero-order valence-corrected chi connectivity index (χ0v) is 7.10. The first-order chi connectivity index (χ1) is 6.09. The quantitative estimate of drug-likeness (QED) is 0.647. The summed E-state index contributed by atoms with van der Waals surface area (Å²) in [6, 6.07) is 3.76. The van der Waals surface area contributed by atoms with Crippen LogP contribution in [0.4, 0.5) is 14.9 Å². The van der Waals surface area contributed by atoms with Crippen LogP contribution < -0.4 is 10.9 Å². The predicted octanol–water partition coefficient (Wildman–Crippen LogP) is 2.07. The molecule has 70 valence electrons. The van der Waals surface area contributed by atoms with Crippen molar-refractivity contribution in [3.05, 3.63) is 29.0 Å². The second-order valence-electron chi connectivity index (χ2n) is 2.18. The summed E-state index contributed by atoms with van der Waals surface area (Å²) in [5.74, 6) is -0.553. The monoisotopic (exact) mass is 204 g/mol. The summed E-state index contributed by atoms with van der Waals surface area (Å²) in [6.45, 7) is 0. The molecule has 0 spiro atoms. The fraction of sp³-hybridized carbons (Fsp3) is 0. The number of hydrogen-bond acceptors (Lipinski definition) is 2. The zero-order valence-electron chi connectivity index (χ0n) is 6.34. The van der Waals surface area contributed by atoms with E-state index in [2.05, 4.69) is 5.43 Å². The van der Waals surface area contributed by atoms with Crippen molar-refractivity contribution in [1.82, 2.24) is 5.43 Å².